The lowest BCUT2D eigenvalue weighted by molar-refractivity contribution is 0.0817. The summed E-state index contributed by atoms with van der Waals surface area (Å²) in [6.07, 6.45) is 2.28. The lowest BCUT2D eigenvalue weighted by Gasteiger charge is -2.12. The van der Waals surface area contributed by atoms with E-state index in [9.17, 15) is 4.79 Å². The van der Waals surface area contributed by atoms with Crippen molar-refractivity contribution in [3.8, 4) is 5.75 Å². The van der Waals surface area contributed by atoms with E-state index in [1.54, 1.807) is 37.3 Å². The molecule has 0 aliphatic carbocycles. The Morgan fingerprint density at radius 3 is 2.88 bits per heavy atom. The molecular formula is C13H11ClO3. The maximum atomic E-state index is 11.9. The van der Waals surface area contributed by atoms with Crippen LogP contribution in [0.25, 0.3) is 0 Å². The summed E-state index contributed by atoms with van der Waals surface area (Å²) in [7, 11) is 0. The van der Waals surface area contributed by atoms with Gasteiger partial charge in [-0.15, -0.1) is 0 Å². The SMILES string of the molecule is CC(Oc1cccc(Cl)c1)C(=O)c1ccoc1. The number of hydrogen-bond donors (Lipinski definition) is 0. The van der Waals surface area contributed by atoms with Crippen LogP contribution in [0.3, 0.4) is 0 Å². The van der Waals surface area contributed by atoms with Gasteiger partial charge in [-0.1, -0.05) is 17.7 Å². The van der Waals surface area contributed by atoms with Crippen molar-refractivity contribution in [2.75, 3.05) is 0 Å². The molecule has 1 atom stereocenters. The molecule has 0 amide bonds. The first-order valence-corrected chi connectivity index (χ1v) is 5.53. The molecule has 4 heteroatoms. The lowest BCUT2D eigenvalue weighted by atomic mass is 10.1. The molecule has 0 aliphatic rings. The van der Waals surface area contributed by atoms with Gasteiger partial charge in [-0.3, -0.25) is 4.79 Å². The van der Waals surface area contributed by atoms with E-state index in [0.29, 0.717) is 16.3 Å². The Balaban J connectivity index is 2.07. The molecule has 17 heavy (non-hydrogen) atoms. The molecular weight excluding hydrogens is 240 g/mol. The predicted octanol–water partition coefficient (Wildman–Crippen LogP) is 3.58. The summed E-state index contributed by atoms with van der Waals surface area (Å²) in [5.74, 6) is 0.445. The number of benzene rings is 1. The molecule has 1 aromatic carbocycles. The molecule has 2 rings (SSSR count). The van der Waals surface area contributed by atoms with Crippen LogP contribution < -0.4 is 4.74 Å². The third kappa shape index (κ3) is 2.88. The van der Waals surface area contributed by atoms with Gasteiger partial charge < -0.3 is 9.15 Å². The molecule has 0 saturated carbocycles. The average molecular weight is 251 g/mol. The van der Waals surface area contributed by atoms with E-state index < -0.39 is 6.10 Å². The first-order chi connectivity index (χ1) is 8.16. The lowest BCUT2D eigenvalue weighted by Crippen LogP contribution is -2.23. The summed E-state index contributed by atoms with van der Waals surface area (Å²) in [4.78, 5) is 11.9. The third-order valence-corrected chi connectivity index (χ3v) is 2.52. The first kappa shape index (κ1) is 11.7. The molecule has 0 spiro atoms. The number of ketones is 1. The summed E-state index contributed by atoms with van der Waals surface area (Å²) < 4.78 is 10.4. The molecule has 1 unspecified atom stereocenters. The second kappa shape index (κ2) is 5.06. The molecule has 0 fully saturated rings. The van der Waals surface area contributed by atoms with Crippen molar-refractivity contribution >= 4 is 17.4 Å². The number of ether oxygens (including phenoxy) is 1. The molecule has 0 radical (unpaired) electrons. The van der Waals surface area contributed by atoms with Gasteiger partial charge in [0.2, 0.25) is 5.78 Å². The number of carbonyl (C=O) groups is 1. The van der Waals surface area contributed by atoms with Gasteiger partial charge in [-0.2, -0.15) is 0 Å². The fraction of sp³-hybridized carbons (Fsp3) is 0.154. The third-order valence-electron chi connectivity index (χ3n) is 2.28. The first-order valence-electron chi connectivity index (χ1n) is 5.15. The zero-order chi connectivity index (χ0) is 12.3. The van der Waals surface area contributed by atoms with E-state index in [2.05, 4.69) is 0 Å². The van der Waals surface area contributed by atoms with Gasteiger partial charge >= 0.3 is 0 Å². The highest BCUT2D eigenvalue weighted by molar-refractivity contribution is 6.30. The van der Waals surface area contributed by atoms with Crippen LogP contribution in [0.4, 0.5) is 0 Å². The van der Waals surface area contributed by atoms with Crippen molar-refractivity contribution in [2.24, 2.45) is 0 Å². The van der Waals surface area contributed by atoms with Crippen LogP contribution in [0.2, 0.25) is 5.02 Å². The van der Waals surface area contributed by atoms with Crippen LogP contribution in [-0.2, 0) is 0 Å². The Kier molecular flexibility index (Phi) is 3.49. The Bertz CT molecular complexity index is 505. The molecule has 0 saturated heterocycles. The molecule has 0 N–H and O–H groups in total. The van der Waals surface area contributed by atoms with Crippen LogP contribution in [0, 0.1) is 0 Å². The number of Topliss-reactive ketones (excluding diaryl/α,β-unsaturated/α-hetero) is 1. The van der Waals surface area contributed by atoms with Crippen molar-refractivity contribution in [1.29, 1.82) is 0 Å². The molecule has 88 valence electrons. The molecule has 1 heterocycles. The molecule has 2 aromatic rings. The van der Waals surface area contributed by atoms with Gasteiger partial charge in [0.25, 0.3) is 0 Å². The van der Waals surface area contributed by atoms with E-state index in [-0.39, 0.29) is 5.78 Å². The van der Waals surface area contributed by atoms with Gasteiger partial charge in [0.05, 0.1) is 11.8 Å². The zero-order valence-electron chi connectivity index (χ0n) is 9.22. The van der Waals surface area contributed by atoms with Crippen molar-refractivity contribution in [3.05, 3.63) is 53.4 Å². The van der Waals surface area contributed by atoms with E-state index in [4.69, 9.17) is 20.8 Å². The van der Waals surface area contributed by atoms with Crippen LogP contribution in [-0.4, -0.2) is 11.9 Å². The number of carbonyl (C=O) groups excluding carboxylic acids is 1. The predicted molar refractivity (Wildman–Crippen MR) is 64.6 cm³/mol. The monoisotopic (exact) mass is 250 g/mol. The van der Waals surface area contributed by atoms with Crippen molar-refractivity contribution in [1.82, 2.24) is 0 Å². The number of rotatable bonds is 4. The minimum Gasteiger partial charge on any atom is -0.483 e. The molecule has 1 aromatic heterocycles. The van der Waals surface area contributed by atoms with E-state index in [0.717, 1.165) is 0 Å². The van der Waals surface area contributed by atoms with Gasteiger partial charge in [-0.25, -0.2) is 0 Å². The maximum absolute atomic E-state index is 11.9. The Labute approximate surface area is 104 Å². The smallest absolute Gasteiger partial charge is 0.206 e. The normalized spacial score (nSPS) is 12.1. The zero-order valence-corrected chi connectivity index (χ0v) is 9.98. The van der Waals surface area contributed by atoms with Gasteiger partial charge in [-0.05, 0) is 31.2 Å². The fourth-order valence-electron chi connectivity index (χ4n) is 1.44. The summed E-state index contributed by atoms with van der Waals surface area (Å²) in [6, 6.07) is 8.55. The number of hydrogen-bond acceptors (Lipinski definition) is 3. The maximum Gasteiger partial charge on any atom is 0.206 e. The van der Waals surface area contributed by atoms with Crippen molar-refractivity contribution in [3.63, 3.8) is 0 Å². The van der Waals surface area contributed by atoms with Crippen LogP contribution in [0.15, 0.2) is 47.3 Å². The molecule has 3 nitrogen and oxygen atoms in total. The number of furan rings is 1. The minimum absolute atomic E-state index is 0.126. The Morgan fingerprint density at radius 2 is 2.24 bits per heavy atom. The second-order valence-corrected chi connectivity index (χ2v) is 4.03. The highest BCUT2D eigenvalue weighted by Gasteiger charge is 2.17. The standard InChI is InChI=1S/C13H11ClO3/c1-9(13(15)10-5-6-16-8-10)17-12-4-2-3-11(14)7-12/h2-9H,1H3. The highest BCUT2D eigenvalue weighted by Crippen LogP contribution is 2.19. The average Bonchev–Trinajstić information content (AvgIpc) is 2.81. The Hall–Kier alpha value is -1.74. The van der Waals surface area contributed by atoms with Crippen LogP contribution >= 0.6 is 11.6 Å². The van der Waals surface area contributed by atoms with Gasteiger partial charge in [0.1, 0.15) is 12.0 Å². The Morgan fingerprint density at radius 1 is 1.41 bits per heavy atom. The number of halogens is 1. The van der Waals surface area contributed by atoms with E-state index in [1.807, 2.05) is 0 Å². The van der Waals surface area contributed by atoms with Crippen molar-refractivity contribution < 1.29 is 13.9 Å². The fourth-order valence-corrected chi connectivity index (χ4v) is 1.62. The van der Waals surface area contributed by atoms with Gasteiger partial charge in [0, 0.05) is 5.02 Å². The summed E-state index contributed by atoms with van der Waals surface area (Å²) in [6.45, 7) is 1.69. The minimum atomic E-state index is -0.578. The topological polar surface area (TPSA) is 39.4 Å². The summed E-state index contributed by atoms with van der Waals surface area (Å²) in [5, 5.41) is 0.575. The quantitative estimate of drug-likeness (QED) is 0.779. The largest absolute Gasteiger partial charge is 0.483 e. The summed E-state index contributed by atoms with van der Waals surface area (Å²) >= 11 is 5.83. The van der Waals surface area contributed by atoms with Gasteiger partial charge in [0.15, 0.2) is 6.10 Å². The van der Waals surface area contributed by atoms with E-state index >= 15 is 0 Å². The van der Waals surface area contributed by atoms with E-state index in [1.165, 1.54) is 12.5 Å². The molecule has 0 bridgehead atoms. The summed E-state index contributed by atoms with van der Waals surface area (Å²) in [5.41, 5.74) is 0.500. The van der Waals surface area contributed by atoms with Crippen LogP contribution in [0.5, 0.6) is 5.75 Å². The molecule has 0 aliphatic heterocycles. The second-order valence-electron chi connectivity index (χ2n) is 3.59. The highest BCUT2D eigenvalue weighted by atomic mass is 35.5. The van der Waals surface area contributed by atoms with Crippen LogP contribution in [0.1, 0.15) is 17.3 Å². The van der Waals surface area contributed by atoms with Crippen molar-refractivity contribution in [2.45, 2.75) is 13.0 Å².